The summed E-state index contributed by atoms with van der Waals surface area (Å²) in [5.74, 6) is -0.957. The molecule has 5 radical (unpaired) electrons. The second-order valence-corrected chi connectivity index (χ2v) is 23.2. The van der Waals surface area contributed by atoms with Crippen LogP contribution in [0.4, 0.5) is 17.6 Å². The number of benzene rings is 10. The number of rotatable bonds is 5. The van der Waals surface area contributed by atoms with Crippen LogP contribution in [0, 0.1) is 81.3 Å². The Morgan fingerprint density at radius 1 is 0.309 bits per heavy atom. The maximum atomic E-state index is 14.0. The van der Waals surface area contributed by atoms with E-state index in [1.807, 2.05) is 154 Å². The van der Waals surface area contributed by atoms with Gasteiger partial charge in [0, 0.05) is 182 Å². The van der Waals surface area contributed by atoms with Crippen LogP contribution >= 0.6 is 0 Å². The maximum Gasteiger partial charge on any atom is 0.0447 e. The number of nitrogens with zero attached hydrogens (tertiary/aromatic N) is 5. The third kappa shape index (κ3) is 19.1. The molecule has 15 aromatic rings. The smallest absolute Gasteiger partial charge is 0.0447 e. The average molecular weight is 2170 g/mol. The summed E-state index contributed by atoms with van der Waals surface area (Å²) >= 11 is 0. The molecule has 0 spiro atoms. The number of para-hydroxylation sites is 5. The van der Waals surface area contributed by atoms with E-state index in [0.29, 0.717) is 16.7 Å². The largest absolute Gasteiger partial charge is 0.266 e. The minimum Gasteiger partial charge on any atom is -0.266 e. The van der Waals surface area contributed by atoms with Crippen LogP contribution in [-0.2, 0) is 106 Å². The summed E-state index contributed by atoms with van der Waals surface area (Å²) in [6.07, 6.45) is 8.85. The Morgan fingerprint density at radius 2 is 0.691 bits per heavy atom. The molecular formula is C83H62F4Ir5N5-5. The van der Waals surface area contributed by atoms with Gasteiger partial charge in [-0.1, -0.05) is 209 Å². The summed E-state index contributed by atoms with van der Waals surface area (Å²) in [6, 6.07) is 83.9. The van der Waals surface area contributed by atoms with Crippen LogP contribution < -0.4 is 0 Å². The zero-order valence-corrected chi connectivity index (χ0v) is 65.6. The molecule has 0 bridgehead atoms. The first-order valence-corrected chi connectivity index (χ1v) is 30.0. The molecule has 5 heterocycles. The van der Waals surface area contributed by atoms with Gasteiger partial charge in [0.2, 0.25) is 0 Å². The van der Waals surface area contributed by atoms with E-state index in [1.54, 1.807) is 56.8 Å². The van der Waals surface area contributed by atoms with Crippen LogP contribution in [0.15, 0.2) is 249 Å². The van der Waals surface area contributed by atoms with Crippen molar-refractivity contribution in [1.29, 1.82) is 0 Å². The van der Waals surface area contributed by atoms with Gasteiger partial charge in [-0.25, -0.2) is 4.39 Å². The van der Waals surface area contributed by atoms with Gasteiger partial charge in [0.25, 0.3) is 0 Å². The first-order valence-electron chi connectivity index (χ1n) is 30.0. The molecule has 0 atom stereocenters. The molecule has 0 saturated heterocycles. The average Bonchev–Trinajstić information content (AvgIpc) is 0.849. The SMILES string of the molecule is CC(C)(C)c1cc[c-]c(-c2cccc3cccnc23)c1.Cc1c[c-]c(-c2cccc3cccnc23)c(F)c1.Cc1c[c-]c(-c2cccc3cccnc23)cc1F.Cc1cc(-c2cccc3cccnc23)[c-]cc1F.Cc1cc(F)c[c-]c1-c1cccc2cccnc12.[Ir].[Ir].[Ir].[Ir].[Ir]. The molecule has 0 aliphatic carbocycles. The molecule has 0 aliphatic heterocycles. The molecular weight excluding hydrogens is 2100 g/mol. The fourth-order valence-electron chi connectivity index (χ4n) is 10.7. The second-order valence-electron chi connectivity index (χ2n) is 23.2. The van der Waals surface area contributed by atoms with Gasteiger partial charge in [0.05, 0.1) is 0 Å². The van der Waals surface area contributed by atoms with Crippen molar-refractivity contribution in [1.82, 2.24) is 24.9 Å². The van der Waals surface area contributed by atoms with E-state index in [1.165, 1.54) is 41.3 Å². The summed E-state index contributed by atoms with van der Waals surface area (Å²) in [5, 5.41) is 5.37. The fourth-order valence-corrected chi connectivity index (χ4v) is 10.7. The van der Waals surface area contributed by atoms with Crippen LogP contribution in [0.1, 0.15) is 48.6 Å². The minimum absolute atomic E-state index is 0. The molecule has 497 valence electrons. The molecule has 0 amide bonds. The normalized spacial score (nSPS) is 10.4. The van der Waals surface area contributed by atoms with Crippen molar-refractivity contribution >= 4 is 54.5 Å². The van der Waals surface area contributed by atoms with Crippen molar-refractivity contribution in [2.45, 2.75) is 53.9 Å². The van der Waals surface area contributed by atoms with Crippen molar-refractivity contribution < 1.29 is 118 Å². The molecule has 0 unspecified atom stereocenters. The van der Waals surface area contributed by atoms with E-state index >= 15 is 0 Å². The Hall–Kier alpha value is -7.78. The first kappa shape index (κ1) is 78.2. The van der Waals surface area contributed by atoms with Crippen molar-refractivity contribution in [3.8, 4) is 55.6 Å². The zero-order valence-electron chi connectivity index (χ0n) is 53.6. The van der Waals surface area contributed by atoms with E-state index in [-0.39, 0.29) is 129 Å². The van der Waals surface area contributed by atoms with Gasteiger partial charge in [0.1, 0.15) is 0 Å². The third-order valence-corrected chi connectivity index (χ3v) is 15.6. The number of hydrogen-bond donors (Lipinski definition) is 0. The Morgan fingerprint density at radius 3 is 1.10 bits per heavy atom. The molecule has 5 nitrogen and oxygen atoms in total. The van der Waals surface area contributed by atoms with Crippen molar-refractivity contribution in [2.24, 2.45) is 0 Å². The van der Waals surface area contributed by atoms with Crippen molar-refractivity contribution in [3.63, 3.8) is 0 Å². The Balaban J connectivity index is 0.000000189. The predicted octanol–water partition coefficient (Wildman–Crippen LogP) is 21.6. The summed E-state index contributed by atoms with van der Waals surface area (Å²) in [7, 11) is 0. The molecule has 0 saturated carbocycles. The van der Waals surface area contributed by atoms with Gasteiger partial charge < -0.3 is 0 Å². The molecule has 97 heavy (non-hydrogen) atoms. The van der Waals surface area contributed by atoms with E-state index < -0.39 is 0 Å². The quantitative estimate of drug-likeness (QED) is 0.127. The second kappa shape index (κ2) is 36.2. The molecule has 5 aromatic heterocycles. The molecule has 0 N–H and O–H groups in total. The number of hydrogen-bond acceptors (Lipinski definition) is 5. The third-order valence-electron chi connectivity index (χ3n) is 15.6. The molecule has 14 heteroatoms. The number of pyridine rings is 5. The van der Waals surface area contributed by atoms with Crippen molar-refractivity contribution in [2.75, 3.05) is 0 Å². The topological polar surface area (TPSA) is 64.5 Å². The van der Waals surface area contributed by atoms with Gasteiger partial charge in [0.15, 0.2) is 0 Å². The summed E-state index contributed by atoms with van der Waals surface area (Å²) in [5.41, 5.74) is 17.9. The van der Waals surface area contributed by atoms with Gasteiger partial charge in [-0.15, -0.1) is 142 Å². The maximum absolute atomic E-state index is 14.0. The van der Waals surface area contributed by atoms with Gasteiger partial charge >= 0.3 is 0 Å². The fraction of sp³-hybridized carbons (Fsp3) is 0.0964. The van der Waals surface area contributed by atoms with Crippen LogP contribution in [0.25, 0.3) is 110 Å². The van der Waals surface area contributed by atoms with E-state index in [9.17, 15) is 17.6 Å². The first-order chi connectivity index (χ1) is 44.6. The van der Waals surface area contributed by atoms with Crippen LogP contribution in [0.5, 0.6) is 0 Å². The van der Waals surface area contributed by atoms with Crippen LogP contribution in [0.2, 0.25) is 0 Å². The van der Waals surface area contributed by atoms with Crippen LogP contribution in [-0.4, -0.2) is 24.9 Å². The van der Waals surface area contributed by atoms with E-state index in [2.05, 4.69) is 112 Å². The minimum atomic E-state index is -0.260. The number of fused-ring (bicyclic) bond motifs is 5. The Kier molecular flexibility index (Phi) is 29.2. The molecule has 0 fully saturated rings. The summed E-state index contributed by atoms with van der Waals surface area (Å²) in [4.78, 5) is 22.0. The molecule has 15 rings (SSSR count). The van der Waals surface area contributed by atoms with E-state index in [4.69, 9.17) is 0 Å². The Labute approximate surface area is 631 Å². The number of halogens is 4. The standard InChI is InChI=1S/C19H18N.4C16H11FN.5Ir/c1-19(2,3)16-10-4-8-15(13-16)17-11-5-7-14-9-6-12-20-18(14)17;1-11-10-13(17)7-8-14(11)15-6-2-4-12-5-3-9-18-16(12)15;1-11-10-13(7-8-15(11)17)14-6-2-4-12-5-3-9-18-16(12)14;1-11-7-8-13(10-15(11)17)14-6-2-4-12-5-3-9-18-16(12)14;1-11-7-8-13(15(17)10-11)14-6-2-4-12-5-3-9-18-16(12)14;;;;;/h4-7,9-13H,1-3H3;2-7,9-10H,1H3;2-6,8-10H,1H3;2*2-7,9-10H,1H3;;;;;/q5*-1;;;;;. The zero-order chi connectivity index (χ0) is 64.3. The van der Waals surface area contributed by atoms with Crippen molar-refractivity contribution in [3.05, 3.63) is 331 Å². The van der Waals surface area contributed by atoms with Crippen LogP contribution in [0.3, 0.4) is 0 Å². The summed E-state index contributed by atoms with van der Waals surface area (Å²) < 4.78 is 54.0. The van der Waals surface area contributed by atoms with Gasteiger partial charge in [-0.2, -0.15) is 0 Å². The van der Waals surface area contributed by atoms with E-state index in [0.717, 1.165) is 110 Å². The van der Waals surface area contributed by atoms with Gasteiger partial charge in [-0.3, -0.25) is 38.1 Å². The summed E-state index contributed by atoms with van der Waals surface area (Å²) in [6.45, 7) is 13.9. The molecule has 0 aliphatic rings. The monoisotopic (exact) mass is 2170 g/mol. The number of aryl methyl sites for hydroxylation is 4. The Bertz CT molecular complexity index is 4860. The predicted molar refractivity (Wildman–Crippen MR) is 368 cm³/mol. The van der Waals surface area contributed by atoms with Gasteiger partial charge in [-0.05, 0) is 62.7 Å². The number of aromatic nitrogens is 5. The molecule has 10 aromatic carbocycles.